The first-order valence-electron chi connectivity index (χ1n) is 11.9. The van der Waals surface area contributed by atoms with Crippen LogP contribution in [0.25, 0.3) is 5.76 Å². The van der Waals surface area contributed by atoms with Gasteiger partial charge in [-0.15, -0.1) is 0 Å². The van der Waals surface area contributed by atoms with Crippen molar-refractivity contribution in [3.63, 3.8) is 0 Å². The van der Waals surface area contributed by atoms with E-state index in [-0.39, 0.29) is 17.0 Å². The van der Waals surface area contributed by atoms with Gasteiger partial charge in [0.25, 0.3) is 17.4 Å². The molecule has 3 rings (SSSR count). The average molecular weight is 496 g/mol. The highest BCUT2D eigenvalue weighted by Gasteiger charge is 2.46. The third-order valence-corrected chi connectivity index (χ3v) is 6.00. The summed E-state index contributed by atoms with van der Waals surface area (Å²) in [7, 11) is 3.83. The molecule has 0 saturated carbocycles. The summed E-state index contributed by atoms with van der Waals surface area (Å²) in [5.41, 5.74) is 1.50. The second-order valence-electron chi connectivity index (χ2n) is 9.68. The van der Waals surface area contributed by atoms with E-state index in [1.807, 2.05) is 32.8 Å². The van der Waals surface area contributed by atoms with E-state index in [9.17, 15) is 24.8 Å². The molecule has 0 unspecified atom stereocenters. The maximum Gasteiger partial charge on any atom is 0.295 e. The number of aryl methyl sites for hydroxylation is 1. The topological polar surface area (TPSA) is 113 Å². The van der Waals surface area contributed by atoms with Crippen LogP contribution in [0.4, 0.5) is 5.69 Å². The molecule has 0 bridgehead atoms. The number of carbonyl (C=O) groups is 2. The van der Waals surface area contributed by atoms with Crippen molar-refractivity contribution in [2.75, 3.05) is 33.8 Å². The summed E-state index contributed by atoms with van der Waals surface area (Å²) < 4.78 is 5.76. The Morgan fingerprint density at radius 1 is 1.17 bits per heavy atom. The number of likely N-dealkylation sites (tertiary alicyclic amines) is 1. The van der Waals surface area contributed by atoms with Gasteiger partial charge in [0, 0.05) is 24.2 Å². The van der Waals surface area contributed by atoms with Crippen LogP contribution in [0, 0.1) is 23.0 Å². The third-order valence-electron chi connectivity index (χ3n) is 6.00. The van der Waals surface area contributed by atoms with E-state index < -0.39 is 22.7 Å². The zero-order chi connectivity index (χ0) is 26.6. The Bertz CT molecular complexity index is 1170. The van der Waals surface area contributed by atoms with Gasteiger partial charge in [-0.2, -0.15) is 0 Å². The average Bonchev–Trinajstić information content (AvgIpc) is 3.07. The highest BCUT2D eigenvalue weighted by atomic mass is 16.6. The predicted molar refractivity (Wildman–Crippen MR) is 137 cm³/mol. The maximum absolute atomic E-state index is 13.2. The third kappa shape index (κ3) is 5.91. The lowest BCUT2D eigenvalue weighted by Gasteiger charge is -2.26. The van der Waals surface area contributed by atoms with E-state index in [0.717, 1.165) is 0 Å². The quantitative estimate of drug-likeness (QED) is 0.172. The molecule has 0 aromatic heterocycles. The van der Waals surface area contributed by atoms with Gasteiger partial charge in [-0.3, -0.25) is 19.7 Å². The number of non-ortho nitro benzene ring substituents is 1. The Kier molecular flexibility index (Phi) is 8.47. The number of benzene rings is 2. The number of rotatable bonds is 10. The van der Waals surface area contributed by atoms with E-state index in [1.165, 1.54) is 29.2 Å². The van der Waals surface area contributed by atoms with Crippen LogP contribution in [0.3, 0.4) is 0 Å². The van der Waals surface area contributed by atoms with Crippen molar-refractivity contribution < 1.29 is 24.4 Å². The van der Waals surface area contributed by atoms with Gasteiger partial charge in [0.1, 0.15) is 11.5 Å². The molecule has 0 aliphatic carbocycles. The Morgan fingerprint density at radius 2 is 1.83 bits per heavy atom. The molecule has 1 aliphatic heterocycles. The summed E-state index contributed by atoms with van der Waals surface area (Å²) in [6.07, 6.45) is 0.616. The van der Waals surface area contributed by atoms with Crippen LogP contribution in [0.5, 0.6) is 5.75 Å². The van der Waals surface area contributed by atoms with Gasteiger partial charge in [0.2, 0.25) is 0 Å². The summed E-state index contributed by atoms with van der Waals surface area (Å²) in [5, 5.41) is 22.5. The van der Waals surface area contributed by atoms with Crippen LogP contribution in [0.1, 0.15) is 43.0 Å². The molecule has 192 valence electrons. The first-order chi connectivity index (χ1) is 17.0. The second kappa shape index (κ2) is 11.3. The summed E-state index contributed by atoms with van der Waals surface area (Å²) in [6, 6.07) is 10.0. The molecule has 9 nitrogen and oxygen atoms in total. The zero-order valence-corrected chi connectivity index (χ0v) is 21.4. The number of ether oxygens (including phenoxy) is 1. The SMILES string of the molecule is Cc1cc(OCC(C)C)ccc1C(O)=C1C(=O)C(=O)N(CCCN(C)C)[C@@H]1c1ccc([N+](=O)[O-])cc1. The number of Topliss-reactive ketones (excluding diaryl/α,β-unsaturated/α-hetero) is 1. The molecule has 1 amide bonds. The molecule has 0 radical (unpaired) electrons. The molecule has 0 spiro atoms. The van der Waals surface area contributed by atoms with E-state index >= 15 is 0 Å². The number of nitrogens with zero attached hydrogens (tertiary/aromatic N) is 3. The molecule has 2 aromatic carbocycles. The van der Waals surface area contributed by atoms with Crippen molar-refractivity contribution in [2.24, 2.45) is 5.92 Å². The number of ketones is 1. The maximum atomic E-state index is 13.2. The van der Waals surface area contributed by atoms with Gasteiger partial charge >= 0.3 is 0 Å². The number of aliphatic hydroxyl groups excluding tert-OH is 1. The second-order valence-corrected chi connectivity index (χ2v) is 9.68. The number of hydrogen-bond acceptors (Lipinski definition) is 7. The fourth-order valence-corrected chi connectivity index (χ4v) is 4.19. The van der Waals surface area contributed by atoms with Gasteiger partial charge < -0.3 is 19.6 Å². The predicted octanol–water partition coefficient (Wildman–Crippen LogP) is 4.31. The summed E-state index contributed by atoms with van der Waals surface area (Å²) >= 11 is 0. The van der Waals surface area contributed by atoms with E-state index in [4.69, 9.17) is 4.74 Å². The molecule has 1 saturated heterocycles. The van der Waals surface area contributed by atoms with Crippen molar-refractivity contribution in [3.8, 4) is 5.75 Å². The standard InChI is InChI=1S/C27H33N3O6/c1-17(2)16-36-21-11-12-22(18(3)15-21)25(31)23-24(19-7-9-20(10-8-19)30(34)35)29(27(33)26(23)32)14-6-13-28(4)5/h7-12,15,17,24,31H,6,13-14,16H2,1-5H3/t24-/m1/s1. The van der Waals surface area contributed by atoms with Crippen LogP contribution in [0.15, 0.2) is 48.0 Å². The minimum atomic E-state index is -0.857. The summed E-state index contributed by atoms with van der Waals surface area (Å²) in [4.78, 5) is 40.3. The largest absolute Gasteiger partial charge is 0.507 e. The van der Waals surface area contributed by atoms with Crippen LogP contribution in [-0.4, -0.2) is 65.3 Å². The van der Waals surface area contributed by atoms with E-state index in [1.54, 1.807) is 25.1 Å². The monoisotopic (exact) mass is 495 g/mol. The molecule has 1 aliphatic rings. The highest BCUT2D eigenvalue weighted by molar-refractivity contribution is 6.46. The van der Waals surface area contributed by atoms with Crippen molar-refractivity contribution in [1.82, 2.24) is 9.80 Å². The first-order valence-corrected chi connectivity index (χ1v) is 11.9. The fraction of sp³-hybridized carbons (Fsp3) is 0.407. The van der Waals surface area contributed by atoms with Crippen molar-refractivity contribution in [3.05, 3.63) is 74.8 Å². The van der Waals surface area contributed by atoms with Gasteiger partial charge in [0.15, 0.2) is 0 Å². The van der Waals surface area contributed by atoms with E-state index in [2.05, 4.69) is 0 Å². The van der Waals surface area contributed by atoms with Gasteiger partial charge in [-0.1, -0.05) is 13.8 Å². The fourth-order valence-electron chi connectivity index (χ4n) is 4.19. The molecule has 9 heteroatoms. The molecule has 1 atom stereocenters. The summed E-state index contributed by atoms with van der Waals surface area (Å²) in [6.45, 7) is 7.43. The molecule has 2 aromatic rings. The Hall–Kier alpha value is -3.72. The molecule has 36 heavy (non-hydrogen) atoms. The highest BCUT2D eigenvalue weighted by Crippen LogP contribution is 2.40. The minimum Gasteiger partial charge on any atom is -0.507 e. The first kappa shape index (κ1) is 26.9. The number of amides is 1. The van der Waals surface area contributed by atoms with Crippen molar-refractivity contribution >= 4 is 23.1 Å². The number of nitro groups is 1. The summed E-state index contributed by atoms with van der Waals surface area (Å²) in [5.74, 6) is -0.759. The number of carbonyl (C=O) groups excluding carboxylic acids is 2. The Morgan fingerprint density at radius 3 is 2.39 bits per heavy atom. The molecule has 1 fully saturated rings. The molecular formula is C27H33N3O6. The van der Waals surface area contributed by atoms with Crippen LogP contribution in [0.2, 0.25) is 0 Å². The van der Waals surface area contributed by atoms with Crippen molar-refractivity contribution in [2.45, 2.75) is 33.2 Å². The van der Waals surface area contributed by atoms with E-state index in [0.29, 0.717) is 54.5 Å². The zero-order valence-electron chi connectivity index (χ0n) is 21.4. The Balaban J connectivity index is 2.07. The lowest BCUT2D eigenvalue weighted by atomic mass is 9.93. The minimum absolute atomic E-state index is 0.0299. The smallest absolute Gasteiger partial charge is 0.295 e. The van der Waals surface area contributed by atoms with Gasteiger partial charge in [0.05, 0.1) is 23.1 Å². The normalized spacial score (nSPS) is 17.3. The lowest BCUT2D eigenvalue weighted by molar-refractivity contribution is -0.384. The number of aliphatic hydroxyl groups is 1. The van der Waals surface area contributed by atoms with Crippen LogP contribution in [-0.2, 0) is 9.59 Å². The van der Waals surface area contributed by atoms with Gasteiger partial charge in [-0.05, 0) is 81.4 Å². The molecule has 1 heterocycles. The Labute approximate surface area is 211 Å². The number of nitro benzene ring substituents is 1. The van der Waals surface area contributed by atoms with Crippen LogP contribution < -0.4 is 4.74 Å². The van der Waals surface area contributed by atoms with Crippen molar-refractivity contribution in [1.29, 1.82) is 0 Å². The van der Waals surface area contributed by atoms with Gasteiger partial charge in [-0.25, -0.2) is 0 Å². The van der Waals surface area contributed by atoms with Crippen LogP contribution >= 0.6 is 0 Å². The lowest BCUT2D eigenvalue weighted by Crippen LogP contribution is -2.32. The molecule has 1 N–H and O–H groups in total. The number of hydrogen-bond donors (Lipinski definition) is 1. The molecular weight excluding hydrogens is 462 g/mol.